The van der Waals surface area contributed by atoms with Gasteiger partial charge in [0.2, 0.25) is 0 Å². The number of hydrogen-bond donors (Lipinski definition) is 2. The van der Waals surface area contributed by atoms with Gasteiger partial charge in [-0.3, -0.25) is 9.88 Å². The predicted octanol–water partition coefficient (Wildman–Crippen LogP) is 8.67. The van der Waals surface area contributed by atoms with Gasteiger partial charge in [-0.05, 0) is 133 Å². The summed E-state index contributed by atoms with van der Waals surface area (Å²) in [6.07, 6.45) is 9.72. The summed E-state index contributed by atoms with van der Waals surface area (Å²) in [6.45, 7) is 10.1. The van der Waals surface area contributed by atoms with Crippen LogP contribution >= 0.6 is 27.5 Å². The van der Waals surface area contributed by atoms with Crippen molar-refractivity contribution in [3.63, 3.8) is 0 Å². The molecule has 2 heterocycles. The number of rotatable bonds is 12. The highest BCUT2D eigenvalue weighted by atomic mass is 79.9. The van der Waals surface area contributed by atoms with Crippen molar-refractivity contribution < 1.29 is 24.1 Å². The molecular weight excluding hydrogens is 730 g/mol. The van der Waals surface area contributed by atoms with Crippen molar-refractivity contribution in [2.75, 3.05) is 51.4 Å². The van der Waals surface area contributed by atoms with Crippen LogP contribution in [0.4, 0.5) is 5.69 Å². The lowest BCUT2D eigenvalue weighted by atomic mass is 9.59. The molecule has 7 rings (SSSR count). The molecular formula is C41H51BrClN3O5. The number of carboxylic acid groups (broad SMARTS) is 1. The second-order valence-corrected chi connectivity index (χ2v) is 16.6. The normalized spacial score (nSPS) is 26.7. The second kappa shape index (κ2) is 15.6. The number of anilines is 1. The first kappa shape index (κ1) is 36.5. The molecule has 0 amide bonds. The van der Waals surface area contributed by atoms with Crippen molar-refractivity contribution in [3.05, 3.63) is 80.5 Å². The van der Waals surface area contributed by atoms with Gasteiger partial charge in [0.05, 0.1) is 24.3 Å². The molecule has 0 unspecified atom stereocenters. The number of carbonyl (C=O) groups is 1. The number of aromatic nitrogens is 1. The Hall–Kier alpha value is -2.85. The number of morpholine rings is 1. The Kier molecular flexibility index (Phi) is 11.2. The number of hydrogen-bond acceptors (Lipinski definition) is 7. The summed E-state index contributed by atoms with van der Waals surface area (Å²) < 4.78 is 19.6. The van der Waals surface area contributed by atoms with Crippen LogP contribution < -0.4 is 14.8 Å². The third-order valence-electron chi connectivity index (χ3n) is 12.1. The van der Waals surface area contributed by atoms with Gasteiger partial charge in [-0.2, -0.15) is 0 Å². The number of benzene rings is 2. The lowest BCUT2D eigenvalue weighted by molar-refractivity contribution is -0.144. The molecule has 1 aliphatic heterocycles. The SMILES string of the molecule is C[C@@H](COc1ccnc2c1[C@H](C)CCC2)C[C@H]1Cc2ccc(OCCN3CCOCC3)c(Br)c2C12CCC(Nc1cccc(Cl)c1)(C(=O)O)CC2. The molecule has 2 N–H and O–H groups in total. The van der Waals surface area contributed by atoms with Crippen molar-refractivity contribution in [3.8, 4) is 11.5 Å². The van der Waals surface area contributed by atoms with Crippen LogP contribution in [0.5, 0.6) is 11.5 Å². The highest BCUT2D eigenvalue weighted by Crippen LogP contribution is 2.59. The number of nitrogens with one attached hydrogen (secondary N) is 1. The zero-order valence-electron chi connectivity index (χ0n) is 29.9. The van der Waals surface area contributed by atoms with Gasteiger partial charge in [0.1, 0.15) is 23.6 Å². The topological polar surface area (TPSA) is 93.2 Å². The third kappa shape index (κ3) is 7.64. The lowest BCUT2D eigenvalue weighted by Crippen LogP contribution is -2.53. The highest BCUT2D eigenvalue weighted by Gasteiger charge is 2.55. The zero-order valence-corrected chi connectivity index (χ0v) is 32.2. The summed E-state index contributed by atoms with van der Waals surface area (Å²) in [4.78, 5) is 20.1. The maximum atomic E-state index is 13.0. The monoisotopic (exact) mass is 779 g/mol. The van der Waals surface area contributed by atoms with Crippen LogP contribution in [0.15, 0.2) is 53.1 Å². The van der Waals surface area contributed by atoms with E-state index in [1.807, 2.05) is 36.5 Å². The first-order valence-corrected chi connectivity index (χ1v) is 20.0. The maximum Gasteiger partial charge on any atom is 0.329 e. The van der Waals surface area contributed by atoms with Crippen LogP contribution in [-0.2, 0) is 27.8 Å². The van der Waals surface area contributed by atoms with Gasteiger partial charge in [-0.1, -0.05) is 37.6 Å². The summed E-state index contributed by atoms with van der Waals surface area (Å²) in [7, 11) is 0. The Balaban J connectivity index is 1.13. The Labute approximate surface area is 315 Å². The molecule has 3 aromatic rings. The molecule has 0 radical (unpaired) electrons. The number of ether oxygens (including phenoxy) is 3. The van der Waals surface area contributed by atoms with E-state index in [1.54, 1.807) is 0 Å². The van der Waals surface area contributed by atoms with E-state index in [-0.39, 0.29) is 5.41 Å². The Morgan fingerprint density at radius 1 is 1.14 bits per heavy atom. The first-order chi connectivity index (χ1) is 24.7. The fourth-order valence-corrected chi connectivity index (χ4v) is 10.5. The number of halogens is 2. The van der Waals surface area contributed by atoms with E-state index in [0.29, 0.717) is 48.8 Å². The van der Waals surface area contributed by atoms with Crippen LogP contribution in [0.3, 0.4) is 0 Å². The summed E-state index contributed by atoms with van der Waals surface area (Å²) in [5, 5.41) is 14.7. The average Bonchev–Trinajstić information content (AvgIpc) is 3.42. The molecule has 1 spiro atoms. The van der Waals surface area contributed by atoms with Gasteiger partial charge in [0.15, 0.2) is 0 Å². The van der Waals surface area contributed by atoms with E-state index >= 15 is 0 Å². The van der Waals surface area contributed by atoms with E-state index in [4.69, 9.17) is 25.8 Å². The summed E-state index contributed by atoms with van der Waals surface area (Å²) in [5.41, 5.74) is 4.59. The van der Waals surface area contributed by atoms with Crippen molar-refractivity contribution in [1.29, 1.82) is 0 Å². The fourth-order valence-electron chi connectivity index (χ4n) is 9.37. The minimum Gasteiger partial charge on any atom is -0.493 e. The highest BCUT2D eigenvalue weighted by molar-refractivity contribution is 9.10. The predicted molar refractivity (Wildman–Crippen MR) is 205 cm³/mol. The minimum absolute atomic E-state index is 0.189. The zero-order chi connectivity index (χ0) is 35.6. The molecule has 4 aliphatic rings. The molecule has 3 atom stereocenters. The van der Waals surface area contributed by atoms with E-state index in [1.165, 1.54) is 35.2 Å². The van der Waals surface area contributed by atoms with E-state index in [0.717, 1.165) is 86.6 Å². The number of nitrogens with zero attached hydrogens (tertiary/aromatic N) is 2. The largest absolute Gasteiger partial charge is 0.493 e. The fraction of sp³-hybridized carbons (Fsp3) is 0.561. The van der Waals surface area contributed by atoms with Gasteiger partial charge < -0.3 is 24.6 Å². The summed E-state index contributed by atoms with van der Waals surface area (Å²) >= 11 is 10.4. The molecule has 1 saturated heterocycles. The third-order valence-corrected chi connectivity index (χ3v) is 13.1. The molecule has 2 fully saturated rings. The Bertz CT molecular complexity index is 1710. The molecule has 1 aromatic heterocycles. The molecule has 2 aromatic carbocycles. The van der Waals surface area contributed by atoms with Crippen molar-refractivity contribution in [2.45, 2.75) is 88.5 Å². The van der Waals surface area contributed by atoms with Crippen LogP contribution in [-0.4, -0.2) is 72.6 Å². The molecule has 274 valence electrons. The van der Waals surface area contributed by atoms with Crippen molar-refractivity contribution in [2.24, 2.45) is 11.8 Å². The quantitative estimate of drug-likeness (QED) is 0.189. The average molecular weight is 781 g/mol. The molecule has 3 aliphatic carbocycles. The van der Waals surface area contributed by atoms with Gasteiger partial charge in [0.25, 0.3) is 0 Å². The standard InChI is InChI=1S/C41H51BrClN3O5/c1-27(26-51-34-11-16-44-33-8-3-5-28(2)36(33)34)23-30-24-29-9-10-35(50-22-19-46-17-20-49-21-18-46)38(42)37(29)40(30)12-14-41(15-13-40,39(47)48)45-32-7-4-6-31(43)25-32/h4,6-7,9-11,16,25,27-28,30,45H,3,5,8,12-15,17-24,26H2,1-2H3,(H,47,48)/t27-,28-,30+,40?,41?/m1/s1. The molecule has 0 bridgehead atoms. The van der Waals surface area contributed by atoms with Gasteiger partial charge in [-0.25, -0.2) is 4.79 Å². The Morgan fingerprint density at radius 3 is 2.71 bits per heavy atom. The summed E-state index contributed by atoms with van der Waals surface area (Å²) in [5.74, 6) is 2.14. The van der Waals surface area contributed by atoms with Crippen LogP contribution in [0.2, 0.25) is 5.02 Å². The van der Waals surface area contributed by atoms with Gasteiger partial charge >= 0.3 is 5.97 Å². The Morgan fingerprint density at radius 2 is 1.94 bits per heavy atom. The van der Waals surface area contributed by atoms with Crippen LogP contribution in [0, 0.1) is 11.8 Å². The smallest absolute Gasteiger partial charge is 0.329 e. The van der Waals surface area contributed by atoms with Crippen molar-refractivity contribution in [1.82, 2.24) is 9.88 Å². The van der Waals surface area contributed by atoms with Crippen LogP contribution in [0.25, 0.3) is 0 Å². The number of carboxylic acids is 1. The number of pyridine rings is 1. The lowest BCUT2D eigenvalue weighted by Gasteiger charge is -2.47. The van der Waals surface area contributed by atoms with E-state index < -0.39 is 11.5 Å². The number of fused-ring (bicyclic) bond motifs is 3. The second-order valence-electron chi connectivity index (χ2n) is 15.4. The molecule has 8 nitrogen and oxygen atoms in total. The maximum absolute atomic E-state index is 13.0. The number of aliphatic carboxylic acids is 1. The van der Waals surface area contributed by atoms with Crippen molar-refractivity contribution >= 4 is 39.2 Å². The van der Waals surface area contributed by atoms with Gasteiger partial charge in [0, 0.05) is 53.2 Å². The first-order valence-electron chi connectivity index (χ1n) is 18.8. The number of aryl methyl sites for hydroxylation is 1. The minimum atomic E-state index is -1.08. The van der Waals surface area contributed by atoms with Gasteiger partial charge in [-0.15, -0.1) is 0 Å². The molecule has 51 heavy (non-hydrogen) atoms. The van der Waals surface area contributed by atoms with Crippen LogP contribution in [0.1, 0.15) is 87.1 Å². The summed E-state index contributed by atoms with van der Waals surface area (Å²) in [6, 6.07) is 13.8. The van der Waals surface area contributed by atoms with E-state index in [2.05, 4.69) is 57.1 Å². The molecule has 1 saturated carbocycles. The van der Waals surface area contributed by atoms with E-state index in [9.17, 15) is 9.90 Å². The molecule has 10 heteroatoms.